The lowest BCUT2D eigenvalue weighted by molar-refractivity contribution is 0.180. The molecular weight excluding hydrogens is 190 g/mol. The van der Waals surface area contributed by atoms with Gasteiger partial charge in [-0.3, -0.25) is 0 Å². The molecule has 3 N–H and O–H groups in total. The molecule has 0 amide bonds. The smallest absolute Gasteiger partial charge is 0.0670 e. The Balaban J connectivity index is 2.11. The Bertz CT molecular complexity index is 201. The molecule has 0 saturated heterocycles. The summed E-state index contributed by atoms with van der Waals surface area (Å²) in [4.78, 5) is 0. The van der Waals surface area contributed by atoms with E-state index in [2.05, 4.69) is 11.4 Å². The van der Waals surface area contributed by atoms with Gasteiger partial charge in [0.25, 0.3) is 0 Å². The average molecular weight is 203 g/mol. The zero-order valence-electron chi connectivity index (χ0n) is 6.77. The van der Waals surface area contributed by atoms with E-state index in [1.54, 1.807) is 23.1 Å². The Morgan fingerprint density at radius 3 is 3.08 bits per heavy atom. The summed E-state index contributed by atoms with van der Waals surface area (Å²) in [6.07, 6.45) is 0.441. The van der Waals surface area contributed by atoms with E-state index in [0.717, 1.165) is 12.2 Å². The summed E-state index contributed by atoms with van der Waals surface area (Å²) < 4.78 is 1.30. The molecule has 2 nitrogen and oxygen atoms in total. The number of hydrogen-bond donors (Lipinski definition) is 2. The molecule has 1 heterocycles. The quantitative estimate of drug-likeness (QED) is 0.714. The molecule has 1 atom stereocenters. The number of aliphatic hydroxyl groups excluding tert-OH is 1. The van der Waals surface area contributed by atoms with Crippen LogP contribution in [0.5, 0.6) is 0 Å². The van der Waals surface area contributed by atoms with Crippen LogP contribution in [0.4, 0.5) is 0 Å². The summed E-state index contributed by atoms with van der Waals surface area (Å²) >= 11 is 3.51. The lowest BCUT2D eigenvalue weighted by Crippen LogP contribution is -2.19. The molecule has 0 fully saturated rings. The molecule has 0 aliphatic heterocycles. The van der Waals surface area contributed by atoms with Crippen molar-refractivity contribution >= 4 is 23.1 Å². The van der Waals surface area contributed by atoms with Crippen molar-refractivity contribution in [1.82, 2.24) is 0 Å². The summed E-state index contributed by atoms with van der Waals surface area (Å²) in [6, 6.07) is 4.12. The van der Waals surface area contributed by atoms with Crippen molar-refractivity contribution in [2.24, 2.45) is 5.73 Å². The van der Waals surface area contributed by atoms with Crippen LogP contribution >= 0.6 is 23.1 Å². The molecule has 1 aromatic rings. The van der Waals surface area contributed by atoms with Gasteiger partial charge in [0, 0.05) is 12.3 Å². The molecule has 0 spiro atoms. The lowest BCUT2D eigenvalue weighted by Gasteiger charge is -2.05. The third-order valence-corrected chi connectivity index (χ3v) is 3.63. The van der Waals surface area contributed by atoms with Crippen LogP contribution < -0.4 is 5.73 Å². The Morgan fingerprint density at radius 2 is 2.50 bits per heavy atom. The predicted molar refractivity (Wildman–Crippen MR) is 54.7 cm³/mol. The zero-order valence-corrected chi connectivity index (χ0v) is 8.40. The van der Waals surface area contributed by atoms with Crippen LogP contribution in [0.1, 0.15) is 6.42 Å². The maximum Gasteiger partial charge on any atom is 0.0670 e. The van der Waals surface area contributed by atoms with Gasteiger partial charge in [-0.15, -0.1) is 23.1 Å². The zero-order chi connectivity index (χ0) is 8.81. The monoisotopic (exact) mass is 203 g/mol. The fourth-order valence-electron chi connectivity index (χ4n) is 0.759. The second-order valence-electron chi connectivity index (χ2n) is 2.46. The third kappa shape index (κ3) is 3.58. The predicted octanol–water partition coefficient (Wildman–Crippen LogP) is 1.55. The first-order chi connectivity index (χ1) is 5.83. The Morgan fingerprint density at radius 1 is 1.67 bits per heavy atom. The minimum absolute atomic E-state index is 0.336. The van der Waals surface area contributed by atoms with Crippen LogP contribution in [0.25, 0.3) is 0 Å². The van der Waals surface area contributed by atoms with Gasteiger partial charge in [0.2, 0.25) is 0 Å². The summed E-state index contributed by atoms with van der Waals surface area (Å²) in [5, 5.41) is 11.2. The maximum absolute atomic E-state index is 9.15. The van der Waals surface area contributed by atoms with Crippen LogP contribution in [0.15, 0.2) is 21.7 Å². The van der Waals surface area contributed by atoms with Crippen LogP contribution in [-0.4, -0.2) is 23.5 Å². The van der Waals surface area contributed by atoms with Gasteiger partial charge in [0.15, 0.2) is 0 Å². The molecule has 0 saturated carbocycles. The largest absolute Gasteiger partial charge is 0.392 e. The van der Waals surface area contributed by atoms with Crippen molar-refractivity contribution < 1.29 is 5.11 Å². The van der Waals surface area contributed by atoms with Crippen LogP contribution in [-0.2, 0) is 0 Å². The number of rotatable bonds is 5. The van der Waals surface area contributed by atoms with Gasteiger partial charge in [-0.2, -0.15) is 0 Å². The number of thiophene rings is 1. The van der Waals surface area contributed by atoms with E-state index < -0.39 is 0 Å². The minimum Gasteiger partial charge on any atom is -0.392 e. The molecule has 0 aliphatic rings. The molecule has 4 heteroatoms. The Kier molecular flexibility index (Phi) is 4.68. The lowest BCUT2D eigenvalue weighted by atomic mass is 10.3. The summed E-state index contributed by atoms with van der Waals surface area (Å²) in [5.74, 6) is 0.943. The topological polar surface area (TPSA) is 46.2 Å². The van der Waals surface area contributed by atoms with Crippen molar-refractivity contribution in [2.75, 3.05) is 12.3 Å². The third-order valence-electron chi connectivity index (χ3n) is 1.46. The van der Waals surface area contributed by atoms with E-state index >= 15 is 0 Å². The van der Waals surface area contributed by atoms with Crippen molar-refractivity contribution in [1.29, 1.82) is 0 Å². The van der Waals surface area contributed by atoms with Gasteiger partial charge < -0.3 is 10.8 Å². The van der Waals surface area contributed by atoms with E-state index in [0.29, 0.717) is 6.54 Å². The van der Waals surface area contributed by atoms with E-state index in [4.69, 9.17) is 10.8 Å². The van der Waals surface area contributed by atoms with Gasteiger partial charge in [0.1, 0.15) is 0 Å². The van der Waals surface area contributed by atoms with Crippen molar-refractivity contribution in [3.05, 3.63) is 17.5 Å². The number of thioether (sulfide) groups is 1. The van der Waals surface area contributed by atoms with Crippen molar-refractivity contribution in [3.8, 4) is 0 Å². The fourth-order valence-corrected chi connectivity index (χ4v) is 2.66. The number of aliphatic hydroxyl groups is 1. The molecule has 1 unspecified atom stereocenters. The van der Waals surface area contributed by atoms with E-state index in [1.807, 2.05) is 6.07 Å². The summed E-state index contributed by atoms with van der Waals surface area (Å²) in [5.41, 5.74) is 5.27. The molecule has 1 aromatic heterocycles. The summed E-state index contributed by atoms with van der Waals surface area (Å²) in [7, 11) is 0. The highest BCUT2D eigenvalue weighted by Crippen LogP contribution is 2.23. The van der Waals surface area contributed by atoms with E-state index in [9.17, 15) is 0 Å². The van der Waals surface area contributed by atoms with Crippen molar-refractivity contribution in [2.45, 2.75) is 16.7 Å². The van der Waals surface area contributed by atoms with Crippen molar-refractivity contribution in [3.63, 3.8) is 0 Å². The molecule has 12 heavy (non-hydrogen) atoms. The van der Waals surface area contributed by atoms with Gasteiger partial charge in [-0.25, -0.2) is 0 Å². The number of hydrogen-bond acceptors (Lipinski definition) is 4. The Hall–Kier alpha value is -0.0300. The van der Waals surface area contributed by atoms with Gasteiger partial charge in [-0.1, -0.05) is 6.07 Å². The molecular formula is C8H13NOS2. The molecule has 1 rings (SSSR count). The average Bonchev–Trinajstić information content (AvgIpc) is 2.57. The maximum atomic E-state index is 9.15. The Labute approximate surface area is 80.8 Å². The molecule has 0 aromatic carbocycles. The highest BCUT2D eigenvalue weighted by molar-refractivity contribution is 8.01. The standard InChI is InChI=1S/C8H13NOS2/c9-6-7(10)3-5-12-8-2-1-4-11-8/h1-2,4,7,10H,3,5-6,9H2. The first-order valence-electron chi connectivity index (χ1n) is 3.87. The first-order valence-corrected chi connectivity index (χ1v) is 5.74. The highest BCUT2D eigenvalue weighted by atomic mass is 32.2. The normalized spacial score (nSPS) is 13.2. The second-order valence-corrected chi connectivity index (χ2v) is 4.80. The van der Waals surface area contributed by atoms with Crippen LogP contribution in [0, 0.1) is 0 Å². The molecule has 0 aliphatic carbocycles. The minimum atomic E-state index is -0.336. The fraction of sp³-hybridized carbons (Fsp3) is 0.500. The van der Waals surface area contributed by atoms with E-state index in [-0.39, 0.29) is 6.10 Å². The van der Waals surface area contributed by atoms with Crippen LogP contribution in [0.2, 0.25) is 0 Å². The molecule has 68 valence electrons. The second kappa shape index (κ2) is 5.59. The van der Waals surface area contributed by atoms with Crippen LogP contribution in [0.3, 0.4) is 0 Å². The summed E-state index contributed by atoms with van der Waals surface area (Å²) in [6.45, 7) is 0.366. The molecule has 0 bridgehead atoms. The highest BCUT2D eigenvalue weighted by Gasteiger charge is 2.01. The number of nitrogens with two attached hydrogens (primary N) is 1. The van der Waals surface area contributed by atoms with E-state index in [1.165, 1.54) is 4.21 Å². The first kappa shape index (κ1) is 10.1. The van der Waals surface area contributed by atoms with Gasteiger partial charge in [-0.05, 0) is 17.9 Å². The SMILES string of the molecule is NCC(O)CCSc1cccs1. The van der Waals surface area contributed by atoms with Gasteiger partial charge in [0.05, 0.1) is 10.3 Å². The molecule has 0 radical (unpaired) electrons. The van der Waals surface area contributed by atoms with Gasteiger partial charge >= 0.3 is 0 Å².